The maximum absolute atomic E-state index is 5.46. The number of allylic oxidation sites excluding steroid dienone is 1. The maximum atomic E-state index is 5.46. The van der Waals surface area contributed by atoms with Crippen LogP contribution in [0.1, 0.15) is 13.3 Å². The zero-order valence-corrected chi connectivity index (χ0v) is 5.80. The van der Waals surface area contributed by atoms with Crippen LogP contribution in [0.15, 0.2) is 24.4 Å². The maximum Gasteiger partial charge on any atom is 0.0237 e. The summed E-state index contributed by atoms with van der Waals surface area (Å²) in [7, 11) is 0. The van der Waals surface area contributed by atoms with Gasteiger partial charge in [-0.2, -0.15) is 0 Å². The largest absolute Gasteiger partial charge is 0.399 e. The summed E-state index contributed by atoms with van der Waals surface area (Å²) in [5.74, 6) is 0. The molecule has 0 heterocycles. The molecule has 0 saturated carbocycles. The lowest BCUT2D eigenvalue weighted by Crippen LogP contribution is -2.12. The second kappa shape index (κ2) is 4.15. The highest BCUT2D eigenvalue weighted by Gasteiger charge is 1.85. The number of hydrogen-bond acceptors (Lipinski definition) is 2. The molecule has 0 radical (unpaired) electrons. The highest BCUT2D eigenvalue weighted by Crippen LogP contribution is 1.89. The van der Waals surface area contributed by atoms with Crippen molar-refractivity contribution in [1.82, 2.24) is 0 Å². The van der Waals surface area contributed by atoms with E-state index in [4.69, 9.17) is 11.5 Å². The molecule has 2 nitrogen and oxygen atoms in total. The van der Waals surface area contributed by atoms with Gasteiger partial charge in [-0.3, -0.25) is 0 Å². The fourth-order valence-corrected chi connectivity index (χ4v) is 0.434. The Morgan fingerprint density at radius 1 is 1.78 bits per heavy atom. The van der Waals surface area contributed by atoms with Crippen LogP contribution in [0.3, 0.4) is 0 Å². The van der Waals surface area contributed by atoms with Gasteiger partial charge in [0.15, 0.2) is 0 Å². The van der Waals surface area contributed by atoms with E-state index >= 15 is 0 Å². The SMILES string of the molecule is C=C(N)/C=C\CC(C)N. The topological polar surface area (TPSA) is 52.0 Å². The summed E-state index contributed by atoms with van der Waals surface area (Å²) in [6, 6.07) is 0.209. The minimum absolute atomic E-state index is 0.209. The molecule has 0 aliphatic rings. The minimum atomic E-state index is 0.209. The highest BCUT2D eigenvalue weighted by atomic mass is 14.6. The molecule has 52 valence electrons. The van der Waals surface area contributed by atoms with Crippen LogP contribution in [-0.4, -0.2) is 6.04 Å². The Morgan fingerprint density at radius 2 is 2.33 bits per heavy atom. The van der Waals surface area contributed by atoms with Crippen LogP contribution >= 0.6 is 0 Å². The van der Waals surface area contributed by atoms with E-state index in [0.29, 0.717) is 5.70 Å². The van der Waals surface area contributed by atoms with Gasteiger partial charge in [0.2, 0.25) is 0 Å². The van der Waals surface area contributed by atoms with Crippen molar-refractivity contribution in [2.45, 2.75) is 19.4 Å². The van der Waals surface area contributed by atoms with Gasteiger partial charge in [0.25, 0.3) is 0 Å². The molecule has 9 heavy (non-hydrogen) atoms. The van der Waals surface area contributed by atoms with Crippen LogP contribution in [0, 0.1) is 0 Å². The standard InChI is InChI=1S/C7H14N2/c1-6(8)4-3-5-7(2)9/h3-4,7H,1,5,8-9H2,2H3/b4-3-. The molecule has 0 amide bonds. The van der Waals surface area contributed by atoms with E-state index in [1.54, 1.807) is 6.08 Å². The molecule has 4 N–H and O–H groups in total. The second-order valence-corrected chi connectivity index (χ2v) is 2.19. The monoisotopic (exact) mass is 126 g/mol. The number of hydrogen-bond donors (Lipinski definition) is 2. The summed E-state index contributed by atoms with van der Waals surface area (Å²) in [5, 5.41) is 0. The van der Waals surface area contributed by atoms with Gasteiger partial charge in [-0.1, -0.05) is 12.7 Å². The molecule has 0 aliphatic carbocycles. The first kappa shape index (κ1) is 8.24. The zero-order chi connectivity index (χ0) is 7.28. The molecule has 0 aromatic carbocycles. The van der Waals surface area contributed by atoms with Gasteiger partial charge < -0.3 is 11.5 Å². The van der Waals surface area contributed by atoms with Gasteiger partial charge in [-0.25, -0.2) is 0 Å². The van der Waals surface area contributed by atoms with Crippen molar-refractivity contribution in [3.05, 3.63) is 24.4 Å². The average Bonchev–Trinajstić information content (AvgIpc) is 1.63. The van der Waals surface area contributed by atoms with E-state index in [0.717, 1.165) is 6.42 Å². The molecule has 0 spiro atoms. The molecular weight excluding hydrogens is 112 g/mol. The third kappa shape index (κ3) is 7.24. The Balaban J connectivity index is 3.36. The molecule has 0 bridgehead atoms. The summed E-state index contributed by atoms with van der Waals surface area (Å²) in [5.41, 5.74) is 11.3. The van der Waals surface area contributed by atoms with Crippen LogP contribution in [0.2, 0.25) is 0 Å². The van der Waals surface area contributed by atoms with Crippen molar-refractivity contribution in [3.63, 3.8) is 0 Å². The third-order valence-corrected chi connectivity index (χ3v) is 0.840. The van der Waals surface area contributed by atoms with E-state index in [1.807, 2.05) is 13.0 Å². The normalized spacial score (nSPS) is 14.0. The lowest BCUT2D eigenvalue weighted by molar-refractivity contribution is 0.757. The summed E-state index contributed by atoms with van der Waals surface area (Å²) < 4.78 is 0. The van der Waals surface area contributed by atoms with E-state index in [1.165, 1.54) is 0 Å². The van der Waals surface area contributed by atoms with Crippen molar-refractivity contribution < 1.29 is 0 Å². The van der Waals surface area contributed by atoms with Crippen LogP contribution < -0.4 is 11.5 Å². The molecule has 0 aromatic rings. The summed E-state index contributed by atoms with van der Waals surface area (Å²) in [4.78, 5) is 0. The third-order valence-electron chi connectivity index (χ3n) is 0.840. The fourth-order valence-electron chi connectivity index (χ4n) is 0.434. The Morgan fingerprint density at radius 3 is 2.67 bits per heavy atom. The average molecular weight is 126 g/mol. The molecule has 0 aliphatic heterocycles. The minimum Gasteiger partial charge on any atom is -0.399 e. The molecule has 1 unspecified atom stereocenters. The lowest BCUT2D eigenvalue weighted by atomic mass is 10.2. The number of nitrogens with two attached hydrogens (primary N) is 2. The zero-order valence-electron chi connectivity index (χ0n) is 5.80. The first-order valence-corrected chi connectivity index (χ1v) is 2.99. The predicted molar refractivity (Wildman–Crippen MR) is 40.7 cm³/mol. The Hall–Kier alpha value is -0.760. The summed E-state index contributed by atoms with van der Waals surface area (Å²) >= 11 is 0. The lowest BCUT2D eigenvalue weighted by Gasteiger charge is -1.96. The highest BCUT2D eigenvalue weighted by molar-refractivity contribution is 5.09. The van der Waals surface area contributed by atoms with E-state index in [2.05, 4.69) is 6.58 Å². The van der Waals surface area contributed by atoms with E-state index in [-0.39, 0.29) is 6.04 Å². The summed E-state index contributed by atoms with van der Waals surface area (Å²) in [6.45, 7) is 5.45. The van der Waals surface area contributed by atoms with Crippen molar-refractivity contribution in [2.24, 2.45) is 11.5 Å². The fraction of sp³-hybridized carbons (Fsp3) is 0.429. The van der Waals surface area contributed by atoms with Crippen LogP contribution in [0.4, 0.5) is 0 Å². The van der Waals surface area contributed by atoms with Crippen LogP contribution in [-0.2, 0) is 0 Å². The Bertz CT molecular complexity index is 114. The van der Waals surface area contributed by atoms with Gasteiger partial charge in [0.05, 0.1) is 0 Å². The second-order valence-electron chi connectivity index (χ2n) is 2.19. The Kier molecular flexibility index (Phi) is 3.80. The van der Waals surface area contributed by atoms with Crippen LogP contribution in [0.25, 0.3) is 0 Å². The molecule has 0 rings (SSSR count). The van der Waals surface area contributed by atoms with Gasteiger partial charge >= 0.3 is 0 Å². The molecule has 2 heteroatoms. The quantitative estimate of drug-likeness (QED) is 0.548. The van der Waals surface area contributed by atoms with Crippen molar-refractivity contribution in [1.29, 1.82) is 0 Å². The molecular formula is C7H14N2. The van der Waals surface area contributed by atoms with Gasteiger partial charge in [0.1, 0.15) is 0 Å². The first-order valence-electron chi connectivity index (χ1n) is 2.99. The predicted octanol–water partition coefficient (Wildman–Crippen LogP) is 0.752. The molecule has 0 saturated heterocycles. The van der Waals surface area contributed by atoms with Gasteiger partial charge in [-0.15, -0.1) is 0 Å². The Labute approximate surface area is 56.2 Å². The van der Waals surface area contributed by atoms with Crippen LogP contribution in [0.5, 0.6) is 0 Å². The smallest absolute Gasteiger partial charge is 0.0237 e. The van der Waals surface area contributed by atoms with E-state index in [9.17, 15) is 0 Å². The molecule has 1 atom stereocenters. The summed E-state index contributed by atoms with van der Waals surface area (Å²) in [6.07, 6.45) is 4.55. The first-order chi connectivity index (χ1) is 4.13. The van der Waals surface area contributed by atoms with Crippen molar-refractivity contribution in [3.8, 4) is 0 Å². The molecule has 0 fully saturated rings. The van der Waals surface area contributed by atoms with Crippen molar-refractivity contribution >= 4 is 0 Å². The molecule has 0 aromatic heterocycles. The number of rotatable bonds is 3. The van der Waals surface area contributed by atoms with E-state index < -0.39 is 0 Å². The van der Waals surface area contributed by atoms with Gasteiger partial charge in [0, 0.05) is 11.7 Å². The van der Waals surface area contributed by atoms with Gasteiger partial charge in [-0.05, 0) is 19.4 Å². The van der Waals surface area contributed by atoms with Crippen molar-refractivity contribution in [2.75, 3.05) is 0 Å².